The molecule has 104 valence electrons. The molecule has 0 aliphatic carbocycles. The van der Waals surface area contributed by atoms with E-state index in [0.717, 1.165) is 0 Å². The lowest BCUT2D eigenvalue weighted by molar-refractivity contribution is -0.140. The number of nitrogens with one attached hydrogen (secondary N) is 1. The summed E-state index contributed by atoms with van der Waals surface area (Å²) in [6.45, 7) is 1.86. The van der Waals surface area contributed by atoms with Gasteiger partial charge in [-0.25, -0.2) is 9.59 Å². The molecule has 4 N–H and O–H groups in total. The van der Waals surface area contributed by atoms with Gasteiger partial charge in [0.25, 0.3) is 0 Å². The monoisotopic (exact) mass is 262 g/mol. The van der Waals surface area contributed by atoms with Gasteiger partial charge in [-0.2, -0.15) is 0 Å². The van der Waals surface area contributed by atoms with Gasteiger partial charge in [0.15, 0.2) is 0 Å². The molecule has 0 aromatic heterocycles. The molecular formula is C10H18N2O6. The highest BCUT2D eigenvalue weighted by Gasteiger charge is 2.23. The third-order valence-corrected chi connectivity index (χ3v) is 2.28. The lowest BCUT2D eigenvalue weighted by Crippen LogP contribution is -2.48. The van der Waals surface area contributed by atoms with Crippen molar-refractivity contribution in [3.63, 3.8) is 0 Å². The summed E-state index contributed by atoms with van der Waals surface area (Å²) in [4.78, 5) is 34.0. The molecule has 0 aromatic rings. The molecule has 0 unspecified atom stereocenters. The van der Waals surface area contributed by atoms with E-state index in [-0.39, 0.29) is 26.0 Å². The number of aliphatic carboxylic acids is 2. The molecule has 0 saturated carbocycles. The van der Waals surface area contributed by atoms with Crippen LogP contribution in [0.5, 0.6) is 0 Å². The fourth-order valence-electron chi connectivity index (χ4n) is 1.29. The number of carbonyl (C=O) groups is 3. The number of likely N-dealkylation sites (N-methyl/N-ethyl adjacent to an activating group) is 1. The minimum absolute atomic E-state index is 0.0909. The van der Waals surface area contributed by atoms with Crippen LogP contribution in [0.25, 0.3) is 0 Å². The Hall–Kier alpha value is -1.83. The van der Waals surface area contributed by atoms with E-state index < -0.39 is 24.0 Å². The Bertz CT molecular complexity index is 307. The molecule has 2 amide bonds. The van der Waals surface area contributed by atoms with Crippen molar-refractivity contribution in [2.75, 3.05) is 19.7 Å². The summed E-state index contributed by atoms with van der Waals surface area (Å²) in [5, 5.41) is 28.3. The number of carboxylic acid groups (broad SMARTS) is 2. The smallest absolute Gasteiger partial charge is 0.326 e. The Labute approximate surface area is 104 Å². The van der Waals surface area contributed by atoms with Crippen LogP contribution in [0.3, 0.4) is 0 Å². The zero-order chi connectivity index (χ0) is 14.1. The highest BCUT2D eigenvalue weighted by atomic mass is 16.4. The van der Waals surface area contributed by atoms with Gasteiger partial charge in [-0.05, 0) is 13.3 Å². The number of aliphatic hydroxyl groups is 1. The lowest BCUT2D eigenvalue weighted by Gasteiger charge is -2.22. The number of urea groups is 1. The van der Waals surface area contributed by atoms with Crippen LogP contribution in [-0.4, -0.2) is 63.9 Å². The Morgan fingerprint density at radius 2 is 1.89 bits per heavy atom. The molecule has 1 atom stereocenters. The van der Waals surface area contributed by atoms with Gasteiger partial charge < -0.3 is 25.5 Å². The van der Waals surface area contributed by atoms with Crippen LogP contribution in [0.1, 0.15) is 19.8 Å². The van der Waals surface area contributed by atoms with Gasteiger partial charge in [-0.1, -0.05) is 0 Å². The van der Waals surface area contributed by atoms with Crippen molar-refractivity contribution in [1.82, 2.24) is 10.2 Å². The third kappa shape index (κ3) is 6.04. The maximum atomic E-state index is 11.6. The predicted molar refractivity (Wildman–Crippen MR) is 61.2 cm³/mol. The molecular weight excluding hydrogens is 244 g/mol. The summed E-state index contributed by atoms with van der Waals surface area (Å²) in [6, 6.07) is -1.88. The highest BCUT2D eigenvalue weighted by molar-refractivity contribution is 5.83. The van der Waals surface area contributed by atoms with E-state index in [1.54, 1.807) is 6.92 Å². The van der Waals surface area contributed by atoms with Crippen molar-refractivity contribution in [1.29, 1.82) is 0 Å². The number of hydrogen-bond donors (Lipinski definition) is 4. The van der Waals surface area contributed by atoms with Crippen LogP contribution >= 0.6 is 0 Å². The normalized spacial score (nSPS) is 11.7. The number of aliphatic hydroxyl groups excluding tert-OH is 1. The number of amides is 2. The van der Waals surface area contributed by atoms with Gasteiger partial charge in [-0.3, -0.25) is 4.79 Å². The molecule has 8 nitrogen and oxygen atoms in total. The quantitative estimate of drug-likeness (QED) is 0.459. The van der Waals surface area contributed by atoms with E-state index in [4.69, 9.17) is 15.3 Å². The molecule has 0 saturated heterocycles. The Morgan fingerprint density at radius 3 is 2.28 bits per heavy atom. The summed E-state index contributed by atoms with van der Waals surface area (Å²) >= 11 is 0. The van der Waals surface area contributed by atoms with Gasteiger partial charge in [0, 0.05) is 19.5 Å². The van der Waals surface area contributed by atoms with Crippen molar-refractivity contribution in [3.8, 4) is 0 Å². The second-order valence-electron chi connectivity index (χ2n) is 3.58. The zero-order valence-electron chi connectivity index (χ0n) is 10.1. The maximum absolute atomic E-state index is 11.6. The van der Waals surface area contributed by atoms with E-state index >= 15 is 0 Å². The van der Waals surface area contributed by atoms with E-state index in [1.807, 2.05) is 0 Å². The van der Waals surface area contributed by atoms with Gasteiger partial charge in [-0.15, -0.1) is 0 Å². The van der Waals surface area contributed by atoms with E-state index in [2.05, 4.69) is 5.32 Å². The first-order valence-electron chi connectivity index (χ1n) is 5.53. The number of hydrogen-bond acceptors (Lipinski definition) is 4. The van der Waals surface area contributed by atoms with Crippen LogP contribution < -0.4 is 5.32 Å². The SMILES string of the molecule is CCN(CCO)C(=O)N[C@@H](CCC(=O)O)C(=O)O. The number of rotatable bonds is 8. The minimum Gasteiger partial charge on any atom is -0.481 e. The molecule has 0 fully saturated rings. The molecule has 18 heavy (non-hydrogen) atoms. The molecule has 0 aliphatic rings. The molecule has 8 heteroatoms. The summed E-state index contributed by atoms with van der Waals surface area (Å²) in [5.41, 5.74) is 0. The van der Waals surface area contributed by atoms with Crippen LogP contribution in [-0.2, 0) is 9.59 Å². The number of carboxylic acids is 2. The fraction of sp³-hybridized carbons (Fsp3) is 0.700. The largest absolute Gasteiger partial charge is 0.481 e. The first-order valence-corrected chi connectivity index (χ1v) is 5.53. The molecule has 0 aliphatic heterocycles. The van der Waals surface area contributed by atoms with Crippen molar-refractivity contribution in [2.45, 2.75) is 25.8 Å². The fourth-order valence-corrected chi connectivity index (χ4v) is 1.29. The summed E-state index contributed by atoms with van der Waals surface area (Å²) in [5.74, 6) is -2.41. The van der Waals surface area contributed by atoms with Crippen molar-refractivity contribution < 1.29 is 29.7 Å². The molecule has 0 spiro atoms. The molecule has 0 heterocycles. The topological polar surface area (TPSA) is 127 Å². The summed E-state index contributed by atoms with van der Waals surface area (Å²) in [7, 11) is 0. The van der Waals surface area contributed by atoms with Crippen LogP contribution in [0, 0.1) is 0 Å². The average molecular weight is 262 g/mol. The lowest BCUT2D eigenvalue weighted by atomic mass is 10.1. The predicted octanol–water partition coefficient (Wildman–Crippen LogP) is -0.672. The number of nitrogens with zero attached hydrogens (tertiary/aromatic N) is 1. The molecule has 0 radical (unpaired) electrons. The minimum atomic E-state index is -1.29. The van der Waals surface area contributed by atoms with Crippen molar-refractivity contribution in [2.24, 2.45) is 0 Å². The van der Waals surface area contributed by atoms with Gasteiger partial charge in [0.1, 0.15) is 6.04 Å². The second-order valence-corrected chi connectivity index (χ2v) is 3.58. The first kappa shape index (κ1) is 16.2. The van der Waals surface area contributed by atoms with Crippen molar-refractivity contribution in [3.05, 3.63) is 0 Å². The van der Waals surface area contributed by atoms with Crippen LogP contribution in [0.15, 0.2) is 0 Å². The van der Waals surface area contributed by atoms with Gasteiger partial charge >= 0.3 is 18.0 Å². The second kappa shape index (κ2) is 8.29. The zero-order valence-corrected chi connectivity index (χ0v) is 10.1. The van der Waals surface area contributed by atoms with Crippen molar-refractivity contribution >= 4 is 18.0 Å². The molecule has 0 aromatic carbocycles. The molecule has 0 bridgehead atoms. The Kier molecular flexibility index (Phi) is 7.45. The maximum Gasteiger partial charge on any atom is 0.326 e. The number of carbonyl (C=O) groups excluding carboxylic acids is 1. The Morgan fingerprint density at radius 1 is 1.28 bits per heavy atom. The van der Waals surface area contributed by atoms with E-state index in [0.29, 0.717) is 6.54 Å². The van der Waals surface area contributed by atoms with E-state index in [1.165, 1.54) is 4.90 Å². The van der Waals surface area contributed by atoms with Gasteiger partial charge in [0.05, 0.1) is 6.61 Å². The average Bonchev–Trinajstić information content (AvgIpc) is 2.30. The Balaban J connectivity index is 4.42. The first-order chi connectivity index (χ1) is 8.42. The van der Waals surface area contributed by atoms with Gasteiger partial charge in [0.2, 0.25) is 0 Å². The summed E-state index contributed by atoms with van der Waals surface area (Å²) in [6.07, 6.45) is -0.531. The van der Waals surface area contributed by atoms with Crippen LogP contribution in [0.4, 0.5) is 4.79 Å². The standard InChI is InChI=1S/C10H18N2O6/c1-2-12(5-6-13)10(18)11-7(9(16)17)3-4-8(14)15/h7,13H,2-6H2,1H3,(H,11,18)(H,14,15)(H,16,17)/t7-/m0/s1. The van der Waals surface area contributed by atoms with E-state index in [9.17, 15) is 14.4 Å². The highest BCUT2D eigenvalue weighted by Crippen LogP contribution is 2.00. The molecule has 0 rings (SSSR count). The summed E-state index contributed by atoms with van der Waals surface area (Å²) < 4.78 is 0. The van der Waals surface area contributed by atoms with Crippen LogP contribution in [0.2, 0.25) is 0 Å². The third-order valence-electron chi connectivity index (χ3n) is 2.28.